The van der Waals surface area contributed by atoms with Gasteiger partial charge in [0.2, 0.25) is 0 Å². The van der Waals surface area contributed by atoms with Gasteiger partial charge in [0, 0.05) is 35.4 Å². The number of nitrogens with zero attached hydrogens (tertiary/aromatic N) is 2. The quantitative estimate of drug-likeness (QED) is 0.443. The molecule has 0 unspecified atom stereocenters. The summed E-state index contributed by atoms with van der Waals surface area (Å²) < 4.78 is 6.68. The normalized spacial score (nSPS) is 13.8. The van der Waals surface area contributed by atoms with Gasteiger partial charge in [-0.25, -0.2) is 9.78 Å². The Balaban J connectivity index is 1.57. The van der Waals surface area contributed by atoms with Crippen LogP contribution < -0.4 is 16.2 Å². The highest BCUT2D eigenvalue weighted by molar-refractivity contribution is 6.31. The van der Waals surface area contributed by atoms with Crippen LogP contribution in [0.15, 0.2) is 53.6 Å². The number of aromatic nitrogens is 3. The minimum atomic E-state index is -0.492. The van der Waals surface area contributed by atoms with E-state index in [4.69, 9.17) is 4.74 Å². The van der Waals surface area contributed by atoms with Crippen molar-refractivity contribution in [1.82, 2.24) is 14.8 Å². The number of ether oxygens (including phenoxy) is 1. The van der Waals surface area contributed by atoms with Gasteiger partial charge in [0.1, 0.15) is 5.82 Å². The average molecular weight is 405 g/mol. The second-order valence-corrected chi connectivity index (χ2v) is 6.64. The molecule has 0 fully saturated rings. The first-order chi connectivity index (χ1) is 14.5. The maximum absolute atomic E-state index is 12.3. The van der Waals surface area contributed by atoms with Crippen molar-refractivity contribution < 1.29 is 14.3 Å². The smallest absolute Gasteiger partial charge is 0.339 e. The fourth-order valence-corrected chi connectivity index (χ4v) is 3.15. The van der Waals surface area contributed by atoms with Crippen molar-refractivity contribution in [3.05, 3.63) is 76.0 Å². The van der Waals surface area contributed by atoms with Crippen LogP contribution in [0.25, 0.3) is 11.3 Å². The van der Waals surface area contributed by atoms with Gasteiger partial charge in [-0.2, -0.15) is 0 Å². The van der Waals surface area contributed by atoms with Crippen molar-refractivity contribution in [2.45, 2.75) is 13.8 Å². The van der Waals surface area contributed by atoms with Crippen molar-refractivity contribution in [2.75, 3.05) is 17.2 Å². The number of nitrogens with one attached hydrogen (secondary N) is 3. The van der Waals surface area contributed by atoms with Crippen molar-refractivity contribution in [3.8, 4) is 5.69 Å². The van der Waals surface area contributed by atoms with Crippen LogP contribution in [0.3, 0.4) is 0 Å². The van der Waals surface area contributed by atoms with E-state index in [1.165, 1.54) is 12.3 Å². The minimum Gasteiger partial charge on any atom is -0.462 e. The molecule has 0 aliphatic carbocycles. The van der Waals surface area contributed by atoms with Crippen LogP contribution in [0.1, 0.15) is 28.5 Å². The Bertz CT molecular complexity index is 1220. The highest BCUT2D eigenvalue weighted by atomic mass is 16.5. The van der Waals surface area contributed by atoms with Crippen LogP contribution in [0, 0.1) is 6.92 Å². The molecule has 0 radical (unpaired) electrons. The highest BCUT2D eigenvalue weighted by Gasteiger charge is 2.27. The Morgan fingerprint density at radius 3 is 2.67 bits per heavy atom. The highest BCUT2D eigenvalue weighted by Crippen LogP contribution is 2.30. The van der Waals surface area contributed by atoms with Crippen LogP contribution in [-0.2, 0) is 9.53 Å². The van der Waals surface area contributed by atoms with Gasteiger partial charge < -0.3 is 15.4 Å². The van der Waals surface area contributed by atoms with Gasteiger partial charge >= 0.3 is 5.97 Å². The van der Waals surface area contributed by atoms with Crippen molar-refractivity contribution in [3.63, 3.8) is 0 Å². The zero-order valence-corrected chi connectivity index (χ0v) is 16.4. The zero-order valence-electron chi connectivity index (χ0n) is 16.4. The Morgan fingerprint density at radius 2 is 2.00 bits per heavy atom. The summed E-state index contributed by atoms with van der Waals surface area (Å²) in [6, 6.07) is 10.4. The molecular formula is C21H19N5O4. The summed E-state index contributed by atoms with van der Waals surface area (Å²) in [7, 11) is 0. The van der Waals surface area contributed by atoms with E-state index in [-0.39, 0.29) is 23.6 Å². The fraction of sp³-hybridized carbons (Fsp3) is 0.143. The first kappa shape index (κ1) is 19.2. The van der Waals surface area contributed by atoms with Gasteiger partial charge in [0.05, 0.1) is 23.4 Å². The van der Waals surface area contributed by atoms with E-state index >= 15 is 0 Å². The number of esters is 1. The molecule has 9 heteroatoms. The van der Waals surface area contributed by atoms with Gasteiger partial charge in [-0.15, -0.1) is 0 Å². The summed E-state index contributed by atoms with van der Waals surface area (Å²) in [4.78, 5) is 39.9. The second-order valence-electron chi connectivity index (χ2n) is 6.64. The largest absolute Gasteiger partial charge is 0.462 e. The number of amides is 1. The number of rotatable bonds is 5. The van der Waals surface area contributed by atoms with Gasteiger partial charge in [0.25, 0.3) is 11.5 Å². The molecule has 2 aromatic heterocycles. The molecule has 1 amide bonds. The maximum atomic E-state index is 12.3. The summed E-state index contributed by atoms with van der Waals surface area (Å²) in [5.41, 5.74) is 3.34. The Hall–Kier alpha value is -4.14. The van der Waals surface area contributed by atoms with E-state index < -0.39 is 5.97 Å². The molecule has 30 heavy (non-hydrogen) atoms. The number of anilines is 2. The Labute approximate surface area is 171 Å². The molecule has 9 nitrogen and oxygen atoms in total. The number of hydrogen-bond acceptors (Lipinski definition) is 6. The number of pyridine rings is 1. The summed E-state index contributed by atoms with van der Waals surface area (Å²) in [5, 5.41) is 8.48. The van der Waals surface area contributed by atoms with Gasteiger partial charge in [-0.3, -0.25) is 19.4 Å². The van der Waals surface area contributed by atoms with E-state index in [1.807, 2.05) is 31.2 Å². The number of H-pyrrole nitrogens is 1. The van der Waals surface area contributed by atoms with E-state index in [1.54, 1.807) is 23.9 Å². The van der Waals surface area contributed by atoms with Crippen molar-refractivity contribution >= 4 is 29.0 Å². The molecular weight excluding hydrogens is 386 g/mol. The van der Waals surface area contributed by atoms with Crippen molar-refractivity contribution in [1.29, 1.82) is 0 Å². The molecule has 1 aliphatic rings. The molecule has 3 N–H and O–H groups in total. The molecule has 152 valence electrons. The predicted octanol–water partition coefficient (Wildman–Crippen LogP) is 2.45. The van der Waals surface area contributed by atoms with Crippen LogP contribution in [0.5, 0.6) is 0 Å². The first-order valence-corrected chi connectivity index (χ1v) is 9.31. The van der Waals surface area contributed by atoms with Gasteiger partial charge in [-0.1, -0.05) is 0 Å². The lowest BCUT2D eigenvalue weighted by Gasteiger charge is -2.07. The lowest BCUT2D eigenvalue weighted by molar-refractivity contribution is -0.110. The summed E-state index contributed by atoms with van der Waals surface area (Å²) >= 11 is 0. The topological polar surface area (TPSA) is 118 Å². The summed E-state index contributed by atoms with van der Waals surface area (Å²) in [6.07, 6.45) is 2.94. The van der Waals surface area contributed by atoms with Crippen LogP contribution in [0.2, 0.25) is 0 Å². The predicted molar refractivity (Wildman–Crippen MR) is 112 cm³/mol. The van der Waals surface area contributed by atoms with Gasteiger partial charge in [0.15, 0.2) is 0 Å². The molecule has 0 spiro atoms. The monoisotopic (exact) mass is 405 g/mol. The number of aromatic amines is 1. The summed E-state index contributed by atoms with van der Waals surface area (Å²) in [6.45, 7) is 3.81. The molecule has 4 rings (SSSR count). The lowest BCUT2D eigenvalue weighted by atomic mass is 10.1. The molecule has 0 saturated heterocycles. The van der Waals surface area contributed by atoms with E-state index in [0.29, 0.717) is 17.0 Å². The standard InChI is InChI=1S/C21H19N5O4/c1-3-30-21(29)13-9-16-17(20(28)24-19(16)23-10-13)11-22-14-4-6-15(7-5-14)26-12(2)8-18(27)25-26/h4-11,22H,3H2,1-2H3,(H,25,27)(H,23,24,28). The first-order valence-electron chi connectivity index (χ1n) is 9.31. The van der Waals surface area contributed by atoms with Crippen LogP contribution in [-0.4, -0.2) is 33.2 Å². The number of carbonyl (C=O) groups excluding carboxylic acids is 2. The zero-order chi connectivity index (χ0) is 21.3. The second kappa shape index (κ2) is 7.70. The van der Waals surface area contributed by atoms with E-state index in [9.17, 15) is 14.4 Å². The molecule has 1 aromatic carbocycles. The summed E-state index contributed by atoms with van der Waals surface area (Å²) in [5.74, 6) is -0.417. The van der Waals surface area contributed by atoms with Gasteiger partial charge in [-0.05, 0) is 44.2 Å². The molecule has 0 atom stereocenters. The van der Waals surface area contributed by atoms with E-state index in [0.717, 1.165) is 17.1 Å². The number of hydrogen-bond donors (Lipinski definition) is 3. The van der Waals surface area contributed by atoms with E-state index in [2.05, 4.69) is 20.7 Å². The molecule has 0 saturated carbocycles. The third-order valence-corrected chi connectivity index (χ3v) is 4.59. The third kappa shape index (κ3) is 3.60. The number of fused-ring (bicyclic) bond motifs is 1. The fourth-order valence-electron chi connectivity index (χ4n) is 3.15. The Morgan fingerprint density at radius 1 is 1.23 bits per heavy atom. The number of benzene rings is 1. The lowest BCUT2D eigenvalue weighted by Crippen LogP contribution is -2.06. The van der Waals surface area contributed by atoms with Crippen LogP contribution >= 0.6 is 0 Å². The average Bonchev–Trinajstić information content (AvgIpc) is 3.23. The maximum Gasteiger partial charge on any atom is 0.339 e. The number of carbonyl (C=O) groups is 2. The molecule has 0 bridgehead atoms. The molecule has 1 aliphatic heterocycles. The van der Waals surface area contributed by atoms with Crippen molar-refractivity contribution in [2.24, 2.45) is 0 Å². The number of aryl methyl sites for hydroxylation is 1. The minimum absolute atomic E-state index is 0.166. The Kier molecular flexibility index (Phi) is 4.93. The molecule has 3 aromatic rings. The molecule has 3 heterocycles. The third-order valence-electron chi connectivity index (χ3n) is 4.59. The van der Waals surface area contributed by atoms with Crippen LogP contribution in [0.4, 0.5) is 11.5 Å². The SMILES string of the molecule is CCOC(=O)c1cnc2c(c1)C(=CNc1ccc(-n3[nH]c(=O)cc3C)cc1)C(=O)N2.